The lowest BCUT2D eigenvalue weighted by Crippen LogP contribution is -2.50. The molecule has 0 fully saturated rings. The Kier molecular flexibility index (Phi) is 5.92. The van der Waals surface area contributed by atoms with Crippen molar-refractivity contribution in [1.82, 2.24) is 0 Å². The third-order valence-electron chi connectivity index (χ3n) is 3.27. The molecule has 0 saturated heterocycles. The zero-order valence-corrected chi connectivity index (χ0v) is 12.5. The van der Waals surface area contributed by atoms with Crippen molar-refractivity contribution in [1.29, 1.82) is 5.26 Å². The summed E-state index contributed by atoms with van der Waals surface area (Å²) in [5.41, 5.74) is -1.36. The Labute approximate surface area is 124 Å². The molecule has 0 amide bonds. The molecule has 0 N–H and O–H groups in total. The van der Waals surface area contributed by atoms with Crippen LogP contribution in [0.2, 0.25) is 0 Å². The highest BCUT2D eigenvalue weighted by molar-refractivity contribution is 6.07. The van der Waals surface area contributed by atoms with Crippen LogP contribution in [0.3, 0.4) is 0 Å². The van der Waals surface area contributed by atoms with Crippen molar-refractivity contribution in [2.75, 3.05) is 13.2 Å². The fourth-order valence-electron chi connectivity index (χ4n) is 2.21. The van der Waals surface area contributed by atoms with E-state index < -0.39 is 23.3 Å². The summed E-state index contributed by atoms with van der Waals surface area (Å²) in [6.07, 6.45) is 0. The highest BCUT2D eigenvalue weighted by atomic mass is 16.6. The molecule has 112 valence electrons. The third-order valence-corrected chi connectivity index (χ3v) is 3.27. The van der Waals surface area contributed by atoms with Gasteiger partial charge in [-0.15, -0.1) is 0 Å². The van der Waals surface area contributed by atoms with E-state index in [-0.39, 0.29) is 13.2 Å². The monoisotopic (exact) mass is 289 g/mol. The molecule has 0 aromatic heterocycles. The topological polar surface area (TPSA) is 76.4 Å². The molecule has 5 heteroatoms. The Bertz CT molecular complexity index is 515. The largest absolute Gasteiger partial charge is 0.465 e. The van der Waals surface area contributed by atoms with Crippen molar-refractivity contribution in [2.45, 2.75) is 26.2 Å². The molecule has 21 heavy (non-hydrogen) atoms. The minimum atomic E-state index is -1.76. The van der Waals surface area contributed by atoms with Crippen molar-refractivity contribution in [2.24, 2.45) is 5.92 Å². The Morgan fingerprint density at radius 2 is 1.62 bits per heavy atom. The van der Waals surface area contributed by atoms with Gasteiger partial charge in [-0.2, -0.15) is 5.26 Å². The molecule has 0 bridgehead atoms. The van der Waals surface area contributed by atoms with Crippen molar-refractivity contribution >= 4 is 11.9 Å². The minimum absolute atomic E-state index is 0.116. The second-order valence-corrected chi connectivity index (χ2v) is 4.47. The molecule has 0 heterocycles. The number of rotatable bonds is 6. The summed E-state index contributed by atoms with van der Waals surface area (Å²) in [5.74, 6) is -2.44. The zero-order valence-electron chi connectivity index (χ0n) is 12.5. The fraction of sp³-hybridized carbons (Fsp3) is 0.438. The maximum Gasteiger partial charge on any atom is 0.329 e. The highest BCUT2D eigenvalue weighted by Gasteiger charge is 2.55. The van der Waals surface area contributed by atoms with Crippen LogP contribution in [0.15, 0.2) is 30.3 Å². The number of nitrogens with zero attached hydrogens (tertiary/aromatic N) is 1. The van der Waals surface area contributed by atoms with Gasteiger partial charge in [-0.25, -0.2) is 0 Å². The molecule has 0 saturated carbocycles. The first-order valence-corrected chi connectivity index (χ1v) is 6.85. The third kappa shape index (κ3) is 3.05. The maximum atomic E-state index is 12.5. The lowest BCUT2D eigenvalue weighted by molar-refractivity contribution is -0.166. The number of benzene rings is 1. The van der Waals surface area contributed by atoms with Gasteiger partial charge in [0.2, 0.25) is 5.41 Å². The van der Waals surface area contributed by atoms with Crippen LogP contribution in [0, 0.1) is 17.2 Å². The predicted octanol–water partition coefficient (Wildman–Crippen LogP) is 2.21. The zero-order chi connectivity index (χ0) is 15.9. The van der Waals surface area contributed by atoms with Gasteiger partial charge >= 0.3 is 11.9 Å². The number of carbonyl (C=O) groups is 2. The lowest BCUT2D eigenvalue weighted by Gasteiger charge is -2.31. The van der Waals surface area contributed by atoms with E-state index in [1.165, 1.54) is 6.92 Å². The van der Waals surface area contributed by atoms with E-state index in [1.54, 1.807) is 44.2 Å². The molecule has 0 aliphatic rings. The number of nitriles is 1. The summed E-state index contributed by atoms with van der Waals surface area (Å²) in [7, 11) is 0. The van der Waals surface area contributed by atoms with Gasteiger partial charge in [-0.1, -0.05) is 30.3 Å². The number of carbonyl (C=O) groups excluding carboxylic acids is 2. The summed E-state index contributed by atoms with van der Waals surface area (Å²) in [4.78, 5) is 25.0. The van der Waals surface area contributed by atoms with Gasteiger partial charge in [0.1, 0.15) is 0 Å². The van der Waals surface area contributed by atoms with Crippen molar-refractivity contribution < 1.29 is 19.1 Å². The summed E-state index contributed by atoms with van der Waals surface area (Å²) >= 11 is 0. The fourth-order valence-corrected chi connectivity index (χ4v) is 2.21. The van der Waals surface area contributed by atoms with Crippen molar-refractivity contribution in [3.8, 4) is 6.07 Å². The summed E-state index contributed by atoms with van der Waals surface area (Å²) in [5, 5.41) is 9.30. The molecular formula is C16H19NO4. The number of esters is 2. The smallest absolute Gasteiger partial charge is 0.329 e. The standard InChI is InChI=1S/C16H19NO4/c1-4-20-14(18)16(12(3)11-17,15(19)21-5-2)13-9-7-6-8-10-13/h6-10,12H,4-5H2,1-3H3/t12-/m0/s1. The Hall–Kier alpha value is -2.35. The quantitative estimate of drug-likeness (QED) is 0.592. The van der Waals surface area contributed by atoms with Gasteiger partial charge in [0, 0.05) is 0 Å². The average Bonchev–Trinajstić information content (AvgIpc) is 2.49. The Balaban J connectivity index is 3.53. The van der Waals surface area contributed by atoms with Crippen molar-refractivity contribution in [3.63, 3.8) is 0 Å². The summed E-state index contributed by atoms with van der Waals surface area (Å²) in [6.45, 7) is 5.04. The van der Waals surface area contributed by atoms with Crippen LogP contribution in [-0.4, -0.2) is 25.2 Å². The molecule has 1 aromatic rings. The van der Waals surface area contributed by atoms with Gasteiger partial charge in [0.15, 0.2) is 0 Å². The van der Waals surface area contributed by atoms with Crippen LogP contribution in [0.4, 0.5) is 0 Å². The second kappa shape index (κ2) is 7.44. The first kappa shape index (κ1) is 16.7. The average molecular weight is 289 g/mol. The van der Waals surface area contributed by atoms with E-state index >= 15 is 0 Å². The van der Waals surface area contributed by atoms with Crippen LogP contribution >= 0.6 is 0 Å². The molecule has 0 aliphatic carbocycles. The molecule has 1 rings (SSSR count). The number of hydrogen-bond donors (Lipinski definition) is 0. The molecule has 0 aliphatic heterocycles. The lowest BCUT2D eigenvalue weighted by atomic mass is 9.71. The van der Waals surface area contributed by atoms with E-state index in [1.807, 2.05) is 6.07 Å². The highest BCUT2D eigenvalue weighted by Crippen LogP contribution is 2.35. The second-order valence-electron chi connectivity index (χ2n) is 4.47. The van der Waals surface area contributed by atoms with Gasteiger partial charge < -0.3 is 9.47 Å². The van der Waals surface area contributed by atoms with E-state index in [2.05, 4.69) is 0 Å². The summed E-state index contributed by atoms with van der Waals surface area (Å²) in [6, 6.07) is 10.4. The van der Waals surface area contributed by atoms with E-state index in [4.69, 9.17) is 9.47 Å². The van der Waals surface area contributed by atoms with Gasteiger partial charge in [0.25, 0.3) is 0 Å². The van der Waals surface area contributed by atoms with Crippen LogP contribution < -0.4 is 0 Å². The predicted molar refractivity (Wildman–Crippen MR) is 76.2 cm³/mol. The maximum absolute atomic E-state index is 12.5. The molecule has 1 atom stereocenters. The molecule has 1 aromatic carbocycles. The van der Waals surface area contributed by atoms with E-state index in [0.29, 0.717) is 5.56 Å². The van der Waals surface area contributed by atoms with Crippen LogP contribution in [0.25, 0.3) is 0 Å². The van der Waals surface area contributed by atoms with E-state index in [9.17, 15) is 14.9 Å². The Morgan fingerprint density at radius 3 is 2.00 bits per heavy atom. The first-order chi connectivity index (χ1) is 10.0. The van der Waals surface area contributed by atoms with Gasteiger partial charge in [0.05, 0.1) is 25.2 Å². The Morgan fingerprint density at radius 1 is 1.14 bits per heavy atom. The van der Waals surface area contributed by atoms with E-state index in [0.717, 1.165) is 0 Å². The van der Waals surface area contributed by atoms with Crippen molar-refractivity contribution in [3.05, 3.63) is 35.9 Å². The molecule has 0 radical (unpaired) electrons. The van der Waals surface area contributed by atoms with Crippen LogP contribution in [0.1, 0.15) is 26.3 Å². The van der Waals surface area contributed by atoms with Crippen LogP contribution in [-0.2, 0) is 24.5 Å². The van der Waals surface area contributed by atoms with Gasteiger partial charge in [-0.05, 0) is 26.3 Å². The van der Waals surface area contributed by atoms with Crippen LogP contribution in [0.5, 0.6) is 0 Å². The SMILES string of the molecule is CCOC(=O)C(C(=O)OCC)(c1ccccc1)[C@@H](C)C#N. The summed E-state index contributed by atoms with van der Waals surface area (Å²) < 4.78 is 10.1. The minimum Gasteiger partial charge on any atom is -0.465 e. The number of hydrogen-bond acceptors (Lipinski definition) is 5. The molecular weight excluding hydrogens is 270 g/mol. The first-order valence-electron chi connectivity index (χ1n) is 6.85. The normalized spacial score (nSPS) is 12.1. The number of ether oxygens (including phenoxy) is 2. The molecule has 5 nitrogen and oxygen atoms in total. The molecule has 0 unspecified atom stereocenters. The molecule has 0 spiro atoms. The van der Waals surface area contributed by atoms with Gasteiger partial charge in [-0.3, -0.25) is 9.59 Å².